The van der Waals surface area contributed by atoms with Crippen LogP contribution in [0.2, 0.25) is 0 Å². The van der Waals surface area contributed by atoms with Crippen molar-refractivity contribution in [2.45, 2.75) is 20.3 Å². The van der Waals surface area contributed by atoms with Crippen molar-refractivity contribution in [2.24, 2.45) is 10.9 Å². The average molecular weight is 151 g/mol. The van der Waals surface area contributed by atoms with E-state index >= 15 is 0 Å². The van der Waals surface area contributed by atoms with Crippen LogP contribution in [-0.4, -0.2) is 13.3 Å². The van der Waals surface area contributed by atoms with E-state index in [1.54, 1.807) is 13.3 Å². The average Bonchev–Trinajstić information content (AvgIpc) is 1.97. The molecule has 1 nitrogen and oxygen atoms in total. The lowest BCUT2D eigenvalue weighted by molar-refractivity contribution is 0.650. The smallest absolute Gasteiger partial charge is 0.0277 e. The van der Waals surface area contributed by atoms with Crippen molar-refractivity contribution in [1.82, 2.24) is 0 Å². The number of nitrogens with zero attached hydrogens (tertiary/aromatic N) is 1. The predicted octanol–water partition coefficient (Wildman–Crippen LogP) is 2.85. The van der Waals surface area contributed by atoms with Crippen molar-refractivity contribution in [2.75, 3.05) is 7.05 Å². The quantitative estimate of drug-likeness (QED) is 0.433. The number of allylic oxidation sites excluding steroid dienone is 3. The summed E-state index contributed by atoms with van der Waals surface area (Å²) in [4.78, 5) is 3.88. The maximum Gasteiger partial charge on any atom is 0.0277 e. The van der Waals surface area contributed by atoms with Gasteiger partial charge in [-0.1, -0.05) is 26.5 Å². The summed E-state index contributed by atoms with van der Waals surface area (Å²) in [7, 11) is 1.77. The number of hydrogen-bond donors (Lipinski definition) is 0. The number of rotatable bonds is 4. The van der Waals surface area contributed by atoms with E-state index in [1.807, 2.05) is 12.2 Å². The lowest BCUT2D eigenvalue weighted by atomic mass is 10.0. The largest absolute Gasteiger partial charge is 0.297 e. The predicted molar refractivity (Wildman–Crippen MR) is 52.2 cm³/mol. The summed E-state index contributed by atoms with van der Waals surface area (Å²) in [5, 5.41) is 0. The van der Waals surface area contributed by atoms with Gasteiger partial charge in [0, 0.05) is 13.3 Å². The Hall–Kier alpha value is -0.850. The molecule has 0 aliphatic heterocycles. The van der Waals surface area contributed by atoms with E-state index in [2.05, 4.69) is 25.4 Å². The van der Waals surface area contributed by atoms with Crippen LogP contribution >= 0.6 is 0 Å². The minimum absolute atomic E-state index is 0.685. The molecule has 0 atom stereocenters. The topological polar surface area (TPSA) is 12.4 Å². The van der Waals surface area contributed by atoms with E-state index in [1.165, 1.54) is 5.57 Å². The standard InChI is InChI=1S/C10H17N/c1-5-10(6-7-11-4)8-9(2)3/h5-7,9H,1,8H2,2-4H3/b10-6+,11-7?. The Kier molecular flexibility index (Phi) is 5.44. The van der Waals surface area contributed by atoms with Gasteiger partial charge in [-0.05, 0) is 24.0 Å². The van der Waals surface area contributed by atoms with Gasteiger partial charge >= 0.3 is 0 Å². The molecule has 0 radical (unpaired) electrons. The Morgan fingerprint density at radius 1 is 1.55 bits per heavy atom. The summed E-state index contributed by atoms with van der Waals surface area (Å²) in [6.07, 6.45) is 6.78. The molecular formula is C10H17N. The zero-order chi connectivity index (χ0) is 8.69. The van der Waals surface area contributed by atoms with Crippen LogP contribution in [0.5, 0.6) is 0 Å². The van der Waals surface area contributed by atoms with E-state index in [4.69, 9.17) is 0 Å². The SMILES string of the molecule is C=C/C(=C\C=NC)CC(C)C. The second-order valence-electron chi connectivity index (χ2n) is 2.95. The Balaban J connectivity index is 4.04. The molecule has 0 saturated heterocycles. The fourth-order valence-corrected chi connectivity index (χ4v) is 0.861. The van der Waals surface area contributed by atoms with Crippen LogP contribution in [0.4, 0.5) is 0 Å². The molecule has 0 aromatic heterocycles. The minimum Gasteiger partial charge on any atom is -0.297 e. The van der Waals surface area contributed by atoms with Crippen LogP contribution in [0, 0.1) is 5.92 Å². The summed E-state index contributed by atoms with van der Waals surface area (Å²) in [5.74, 6) is 0.685. The van der Waals surface area contributed by atoms with Gasteiger partial charge in [0.15, 0.2) is 0 Å². The van der Waals surface area contributed by atoms with E-state index in [-0.39, 0.29) is 0 Å². The highest BCUT2D eigenvalue weighted by molar-refractivity contribution is 5.72. The molecule has 0 spiro atoms. The molecule has 0 N–H and O–H groups in total. The maximum atomic E-state index is 3.88. The molecule has 0 saturated carbocycles. The highest BCUT2D eigenvalue weighted by atomic mass is 14.6. The first-order valence-corrected chi connectivity index (χ1v) is 3.94. The van der Waals surface area contributed by atoms with Crippen molar-refractivity contribution in [3.63, 3.8) is 0 Å². The summed E-state index contributed by atoms with van der Waals surface area (Å²) in [5.41, 5.74) is 1.26. The van der Waals surface area contributed by atoms with E-state index in [0.717, 1.165) is 6.42 Å². The van der Waals surface area contributed by atoms with Crippen molar-refractivity contribution < 1.29 is 0 Å². The van der Waals surface area contributed by atoms with Crippen LogP contribution in [0.3, 0.4) is 0 Å². The molecule has 1 heteroatoms. The fraction of sp³-hybridized carbons (Fsp3) is 0.500. The molecule has 0 amide bonds. The maximum absolute atomic E-state index is 3.88. The normalized spacial score (nSPS) is 12.9. The molecule has 0 aliphatic rings. The summed E-state index contributed by atoms with van der Waals surface area (Å²) in [6, 6.07) is 0. The second kappa shape index (κ2) is 5.90. The van der Waals surface area contributed by atoms with E-state index in [9.17, 15) is 0 Å². The van der Waals surface area contributed by atoms with Crippen molar-refractivity contribution in [3.05, 3.63) is 24.3 Å². The van der Waals surface area contributed by atoms with Gasteiger partial charge in [-0.15, -0.1) is 0 Å². The minimum atomic E-state index is 0.685. The van der Waals surface area contributed by atoms with Crippen LogP contribution in [-0.2, 0) is 0 Å². The highest BCUT2D eigenvalue weighted by Gasteiger charge is 1.94. The van der Waals surface area contributed by atoms with Gasteiger partial charge in [0.05, 0.1) is 0 Å². The van der Waals surface area contributed by atoms with Gasteiger partial charge in [0.1, 0.15) is 0 Å². The van der Waals surface area contributed by atoms with Gasteiger partial charge in [-0.25, -0.2) is 0 Å². The molecule has 0 bridgehead atoms. The molecule has 62 valence electrons. The van der Waals surface area contributed by atoms with Gasteiger partial charge in [-0.2, -0.15) is 0 Å². The van der Waals surface area contributed by atoms with Crippen molar-refractivity contribution in [3.8, 4) is 0 Å². The first-order valence-electron chi connectivity index (χ1n) is 3.94. The van der Waals surface area contributed by atoms with Gasteiger partial charge < -0.3 is 0 Å². The van der Waals surface area contributed by atoms with Crippen LogP contribution < -0.4 is 0 Å². The van der Waals surface area contributed by atoms with Crippen molar-refractivity contribution >= 4 is 6.21 Å². The van der Waals surface area contributed by atoms with Gasteiger partial charge in [0.25, 0.3) is 0 Å². The first kappa shape index (κ1) is 10.2. The highest BCUT2D eigenvalue weighted by Crippen LogP contribution is 2.10. The molecule has 0 aliphatic carbocycles. The summed E-state index contributed by atoms with van der Waals surface area (Å²) in [6.45, 7) is 8.13. The molecule has 0 rings (SSSR count). The molecule has 0 aromatic rings. The fourth-order valence-electron chi connectivity index (χ4n) is 0.861. The zero-order valence-corrected chi connectivity index (χ0v) is 7.67. The van der Waals surface area contributed by atoms with Crippen molar-refractivity contribution in [1.29, 1.82) is 0 Å². The lowest BCUT2D eigenvalue weighted by Crippen LogP contribution is -1.89. The lowest BCUT2D eigenvalue weighted by Gasteiger charge is -2.03. The Labute approximate surface area is 69.5 Å². The van der Waals surface area contributed by atoms with Gasteiger partial charge in [0.2, 0.25) is 0 Å². The van der Waals surface area contributed by atoms with Crippen LogP contribution in [0.25, 0.3) is 0 Å². The third-order valence-electron chi connectivity index (χ3n) is 1.34. The molecule has 0 unspecified atom stereocenters. The van der Waals surface area contributed by atoms with E-state index in [0.29, 0.717) is 5.92 Å². The Morgan fingerprint density at radius 3 is 2.55 bits per heavy atom. The number of hydrogen-bond acceptors (Lipinski definition) is 1. The Bertz CT molecular complexity index is 164. The third-order valence-corrected chi connectivity index (χ3v) is 1.34. The second-order valence-corrected chi connectivity index (χ2v) is 2.95. The summed E-state index contributed by atoms with van der Waals surface area (Å²) >= 11 is 0. The van der Waals surface area contributed by atoms with Gasteiger partial charge in [-0.3, -0.25) is 4.99 Å². The van der Waals surface area contributed by atoms with Crippen LogP contribution in [0.1, 0.15) is 20.3 Å². The third kappa shape index (κ3) is 5.59. The Morgan fingerprint density at radius 2 is 2.18 bits per heavy atom. The molecular weight excluding hydrogens is 134 g/mol. The molecule has 0 fully saturated rings. The monoisotopic (exact) mass is 151 g/mol. The summed E-state index contributed by atoms with van der Waals surface area (Å²) < 4.78 is 0. The van der Waals surface area contributed by atoms with Crippen LogP contribution in [0.15, 0.2) is 29.3 Å². The first-order chi connectivity index (χ1) is 5.20. The molecule has 0 heterocycles. The molecule has 11 heavy (non-hydrogen) atoms. The zero-order valence-electron chi connectivity index (χ0n) is 7.67. The number of aliphatic imine (C=N–C) groups is 1. The molecule has 0 aromatic carbocycles. The van der Waals surface area contributed by atoms with E-state index < -0.39 is 0 Å².